The molecule has 0 aromatic heterocycles. The molecule has 6 N–H and O–H groups in total. The molecule has 150 valence electrons. The van der Waals surface area contributed by atoms with Gasteiger partial charge in [-0.2, -0.15) is 0 Å². The standard InChI is InChI=1S/C17H31N3O6/c1-5-10(4)14(18)16(24)19-11(6-7-13(21)22)15(23)20-12(17(25)26)8-9(2)3/h9-12,14H,5-8,18H2,1-4H3,(H,19,24)(H,20,23)(H,21,22)(H,25,26). The minimum absolute atomic E-state index is 0.0299. The summed E-state index contributed by atoms with van der Waals surface area (Å²) in [5.74, 6) is -3.70. The Hall–Kier alpha value is -2.16. The van der Waals surface area contributed by atoms with Crippen LogP contribution in [0, 0.1) is 11.8 Å². The van der Waals surface area contributed by atoms with Gasteiger partial charge in [-0.25, -0.2) is 4.79 Å². The predicted molar refractivity (Wildman–Crippen MR) is 95.3 cm³/mol. The normalized spacial score (nSPS) is 15.6. The average Bonchev–Trinajstić information content (AvgIpc) is 2.55. The molecule has 0 bridgehead atoms. The van der Waals surface area contributed by atoms with Gasteiger partial charge >= 0.3 is 11.9 Å². The van der Waals surface area contributed by atoms with Crippen LogP contribution in [0.2, 0.25) is 0 Å². The molecule has 0 heterocycles. The number of nitrogens with two attached hydrogens (primary N) is 1. The van der Waals surface area contributed by atoms with Crippen LogP contribution in [0.15, 0.2) is 0 Å². The molecule has 9 nitrogen and oxygen atoms in total. The molecule has 0 saturated heterocycles. The SMILES string of the molecule is CCC(C)C(N)C(=O)NC(CCC(=O)O)C(=O)NC(CC(C)C)C(=O)O. The third kappa shape index (κ3) is 8.80. The van der Waals surface area contributed by atoms with Crippen LogP contribution < -0.4 is 16.4 Å². The first-order valence-corrected chi connectivity index (χ1v) is 8.80. The number of carbonyl (C=O) groups is 4. The van der Waals surface area contributed by atoms with Crippen LogP contribution in [0.4, 0.5) is 0 Å². The number of amides is 2. The van der Waals surface area contributed by atoms with Crippen LogP contribution in [-0.4, -0.2) is 52.1 Å². The first-order valence-electron chi connectivity index (χ1n) is 8.80. The van der Waals surface area contributed by atoms with Crippen molar-refractivity contribution in [2.24, 2.45) is 17.6 Å². The van der Waals surface area contributed by atoms with Crippen molar-refractivity contribution in [1.82, 2.24) is 10.6 Å². The van der Waals surface area contributed by atoms with E-state index in [0.29, 0.717) is 6.42 Å². The minimum Gasteiger partial charge on any atom is -0.481 e. The van der Waals surface area contributed by atoms with E-state index in [1.165, 1.54) is 0 Å². The summed E-state index contributed by atoms with van der Waals surface area (Å²) in [4.78, 5) is 46.8. The topological polar surface area (TPSA) is 159 Å². The summed E-state index contributed by atoms with van der Waals surface area (Å²) in [5.41, 5.74) is 5.84. The summed E-state index contributed by atoms with van der Waals surface area (Å²) in [5, 5.41) is 22.9. The maximum absolute atomic E-state index is 12.4. The molecule has 26 heavy (non-hydrogen) atoms. The molecular weight excluding hydrogens is 342 g/mol. The zero-order chi connectivity index (χ0) is 20.4. The predicted octanol–water partition coefficient (Wildman–Crippen LogP) is 0.325. The van der Waals surface area contributed by atoms with Crippen molar-refractivity contribution in [1.29, 1.82) is 0 Å². The molecule has 0 saturated carbocycles. The molecule has 0 fully saturated rings. The van der Waals surface area contributed by atoms with Gasteiger partial charge in [-0.3, -0.25) is 14.4 Å². The molecule has 0 aliphatic rings. The van der Waals surface area contributed by atoms with Gasteiger partial charge in [0.2, 0.25) is 11.8 Å². The number of carboxylic acid groups (broad SMARTS) is 2. The highest BCUT2D eigenvalue weighted by molar-refractivity contribution is 5.92. The minimum atomic E-state index is -1.19. The molecule has 0 spiro atoms. The molecule has 0 aliphatic heterocycles. The van der Waals surface area contributed by atoms with Crippen molar-refractivity contribution in [2.75, 3.05) is 0 Å². The first kappa shape index (κ1) is 23.8. The summed E-state index contributed by atoms with van der Waals surface area (Å²) >= 11 is 0. The number of nitrogens with one attached hydrogen (secondary N) is 2. The molecule has 4 unspecified atom stereocenters. The third-order valence-corrected chi connectivity index (χ3v) is 4.16. The van der Waals surface area contributed by atoms with Gasteiger partial charge in [-0.15, -0.1) is 0 Å². The molecule has 9 heteroatoms. The third-order valence-electron chi connectivity index (χ3n) is 4.16. The lowest BCUT2D eigenvalue weighted by Crippen LogP contribution is -2.55. The lowest BCUT2D eigenvalue weighted by atomic mass is 9.98. The van der Waals surface area contributed by atoms with E-state index in [0.717, 1.165) is 0 Å². The largest absolute Gasteiger partial charge is 0.481 e. The van der Waals surface area contributed by atoms with Gasteiger partial charge in [0, 0.05) is 6.42 Å². The molecule has 0 aliphatic carbocycles. The lowest BCUT2D eigenvalue weighted by Gasteiger charge is -2.24. The lowest BCUT2D eigenvalue weighted by molar-refractivity contribution is -0.143. The van der Waals surface area contributed by atoms with E-state index in [2.05, 4.69) is 10.6 Å². The Kier molecular flexibility index (Phi) is 10.5. The van der Waals surface area contributed by atoms with Crippen LogP contribution in [0.25, 0.3) is 0 Å². The average molecular weight is 373 g/mol. The monoisotopic (exact) mass is 373 g/mol. The molecule has 0 rings (SSSR count). The second kappa shape index (κ2) is 11.5. The van der Waals surface area contributed by atoms with E-state index in [1.54, 1.807) is 6.92 Å². The number of carboxylic acids is 2. The van der Waals surface area contributed by atoms with Crippen molar-refractivity contribution in [3.63, 3.8) is 0 Å². The maximum atomic E-state index is 12.4. The van der Waals surface area contributed by atoms with Crippen LogP contribution in [0.1, 0.15) is 53.4 Å². The quantitative estimate of drug-likeness (QED) is 0.329. The summed E-state index contributed by atoms with van der Waals surface area (Å²) in [6.07, 6.45) is 0.371. The van der Waals surface area contributed by atoms with Gasteiger partial charge in [0.1, 0.15) is 12.1 Å². The Balaban J connectivity index is 5.14. The highest BCUT2D eigenvalue weighted by Gasteiger charge is 2.29. The molecule has 0 aromatic rings. The van der Waals surface area contributed by atoms with E-state index < -0.39 is 41.9 Å². The van der Waals surface area contributed by atoms with Gasteiger partial charge in [-0.05, 0) is 24.7 Å². The van der Waals surface area contributed by atoms with Crippen LogP contribution in [0.3, 0.4) is 0 Å². The van der Waals surface area contributed by atoms with Crippen molar-refractivity contribution < 1.29 is 29.4 Å². The fourth-order valence-corrected chi connectivity index (χ4v) is 2.28. The Morgan fingerprint density at radius 2 is 1.50 bits per heavy atom. The smallest absolute Gasteiger partial charge is 0.326 e. The molecule has 4 atom stereocenters. The van der Waals surface area contributed by atoms with E-state index in [-0.39, 0.29) is 31.1 Å². The summed E-state index contributed by atoms with van der Waals surface area (Å²) in [7, 11) is 0. The molecular formula is C17H31N3O6. The molecule has 2 amide bonds. The Bertz CT molecular complexity index is 509. The van der Waals surface area contributed by atoms with Gasteiger partial charge in [0.25, 0.3) is 0 Å². The number of aliphatic carboxylic acids is 2. The van der Waals surface area contributed by atoms with Crippen molar-refractivity contribution >= 4 is 23.8 Å². The molecule has 0 aromatic carbocycles. The second-order valence-corrected chi connectivity index (χ2v) is 6.93. The Morgan fingerprint density at radius 3 is 1.92 bits per heavy atom. The number of hydrogen-bond acceptors (Lipinski definition) is 5. The number of carbonyl (C=O) groups excluding carboxylic acids is 2. The summed E-state index contributed by atoms with van der Waals surface area (Å²) in [6.45, 7) is 7.29. The number of rotatable bonds is 12. The Labute approximate surface area is 153 Å². The van der Waals surface area contributed by atoms with Gasteiger partial charge in [0.05, 0.1) is 6.04 Å². The second-order valence-electron chi connectivity index (χ2n) is 6.93. The Morgan fingerprint density at radius 1 is 0.962 bits per heavy atom. The van der Waals surface area contributed by atoms with Gasteiger partial charge < -0.3 is 26.6 Å². The number of hydrogen-bond donors (Lipinski definition) is 5. The summed E-state index contributed by atoms with van der Waals surface area (Å²) in [6, 6.07) is -3.12. The first-order chi connectivity index (χ1) is 12.0. The zero-order valence-corrected chi connectivity index (χ0v) is 15.8. The van der Waals surface area contributed by atoms with Crippen LogP contribution >= 0.6 is 0 Å². The van der Waals surface area contributed by atoms with E-state index in [4.69, 9.17) is 10.8 Å². The van der Waals surface area contributed by atoms with E-state index in [9.17, 15) is 24.3 Å². The highest BCUT2D eigenvalue weighted by atomic mass is 16.4. The van der Waals surface area contributed by atoms with E-state index in [1.807, 2.05) is 20.8 Å². The van der Waals surface area contributed by atoms with Gasteiger partial charge in [-0.1, -0.05) is 34.1 Å². The van der Waals surface area contributed by atoms with Crippen molar-refractivity contribution in [3.05, 3.63) is 0 Å². The van der Waals surface area contributed by atoms with Crippen molar-refractivity contribution in [3.8, 4) is 0 Å². The van der Waals surface area contributed by atoms with Crippen LogP contribution in [-0.2, 0) is 19.2 Å². The van der Waals surface area contributed by atoms with Gasteiger partial charge in [0.15, 0.2) is 0 Å². The highest BCUT2D eigenvalue weighted by Crippen LogP contribution is 2.09. The van der Waals surface area contributed by atoms with E-state index >= 15 is 0 Å². The maximum Gasteiger partial charge on any atom is 0.326 e. The zero-order valence-electron chi connectivity index (χ0n) is 15.8. The van der Waals surface area contributed by atoms with Crippen LogP contribution in [0.5, 0.6) is 0 Å². The summed E-state index contributed by atoms with van der Waals surface area (Å²) < 4.78 is 0. The fraction of sp³-hybridized carbons (Fsp3) is 0.765. The molecule has 0 radical (unpaired) electrons. The fourth-order valence-electron chi connectivity index (χ4n) is 2.28. The van der Waals surface area contributed by atoms with Crippen molar-refractivity contribution in [2.45, 2.75) is 71.5 Å².